The number of anilines is 3. The van der Waals surface area contributed by atoms with Gasteiger partial charge in [0.15, 0.2) is 0 Å². The molecule has 0 aliphatic heterocycles. The van der Waals surface area contributed by atoms with Gasteiger partial charge in [-0.1, -0.05) is 48.5 Å². The van der Waals surface area contributed by atoms with Crippen molar-refractivity contribution in [1.82, 2.24) is 0 Å². The lowest BCUT2D eigenvalue weighted by Gasteiger charge is -2.26. The van der Waals surface area contributed by atoms with Crippen molar-refractivity contribution >= 4 is 38.8 Å². The van der Waals surface area contributed by atoms with Crippen molar-refractivity contribution in [3.05, 3.63) is 107 Å². The van der Waals surface area contributed by atoms with Crippen LogP contribution >= 0.6 is 0 Å². The molecule has 5 rings (SSSR count). The molecule has 0 saturated heterocycles. The second-order valence-corrected chi connectivity index (χ2v) is 7.02. The molecular weight excluding hydrogens is 374 g/mol. The molecule has 0 radical (unpaired) electrons. The van der Waals surface area contributed by atoms with Gasteiger partial charge < -0.3 is 14.1 Å². The van der Waals surface area contributed by atoms with Gasteiger partial charge in [-0.15, -0.1) is 0 Å². The molecule has 0 N–H and O–H groups in total. The smallest absolute Gasteiger partial charge is 0.339 e. The minimum atomic E-state index is -0.437. The highest BCUT2D eigenvalue weighted by molar-refractivity contribution is 5.92. The lowest BCUT2D eigenvalue weighted by atomic mass is 10.1. The van der Waals surface area contributed by atoms with Crippen LogP contribution in [-0.4, -0.2) is 7.11 Å². The standard InChI is InChI=1S/C26H19NO3/c1-29-24-17-26(28)30-25-16-22(13-14-23(24)25)27(20-9-3-2-4-10-20)21-12-11-18-7-5-6-8-19(18)15-21/h2-17H,1H3. The van der Waals surface area contributed by atoms with Crippen LogP contribution in [0.1, 0.15) is 0 Å². The number of fused-ring (bicyclic) bond motifs is 2. The first-order valence-electron chi connectivity index (χ1n) is 9.69. The van der Waals surface area contributed by atoms with E-state index in [1.54, 1.807) is 7.11 Å². The van der Waals surface area contributed by atoms with Crippen LogP contribution in [0.2, 0.25) is 0 Å². The molecule has 0 saturated carbocycles. The number of para-hydroxylation sites is 1. The summed E-state index contributed by atoms with van der Waals surface area (Å²) in [6.07, 6.45) is 0. The first-order valence-corrected chi connectivity index (χ1v) is 9.69. The Labute approximate surface area is 173 Å². The number of rotatable bonds is 4. The molecule has 0 bridgehead atoms. The first kappa shape index (κ1) is 18.0. The Morgan fingerprint density at radius 1 is 0.700 bits per heavy atom. The molecule has 0 atom stereocenters. The van der Waals surface area contributed by atoms with Crippen LogP contribution in [0, 0.1) is 0 Å². The van der Waals surface area contributed by atoms with Crippen molar-refractivity contribution in [3.63, 3.8) is 0 Å². The number of nitrogens with zero attached hydrogens (tertiary/aromatic N) is 1. The summed E-state index contributed by atoms with van der Waals surface area (Å²) in [6.45, 7) is 0. The van der Waals surface area contributed by atoms with E-state index >= 15 is 0 Å². The Morgan fingerprint density at radius 3 is 2.20 bits per heavy atom. The highest BCUT2D eigenvalue weighted by Crippen LogP contribution is 2.38. The molecule has 0 fully saturated rings. The largest absolute Gasteiger partial charge is 0.496 e. The van der Waals surface area contributed by atoms with E-state index in [2.05, 4.69) is 47.4 Å². The molecule has 0 unspecified atom stereocenters. The summed E-state index contributed by atoms with van der Waals surface area (Å²) in [5, 5.41) is 3.10. The van der Waals surface area contributed by atoms with E-state index in [4.69, 9.17) is 9.15 Å². The van der Waals surface area contributed by atoms with Gasteiger partial charge in [0.2, 0.25) is 0 Å². The molecule has 1 aromatic heterocycles. The molecular formula is C26H19NO3. The van der Waals surface area contributed by atoms with Crippen LogP contribution in [0.4, 0.5) is 17.1 Å². The zero-order valence-corrected chi connectivity index (χ0v) is 16.4. The van der Waals surface area contributed by atoms with Gasteiger partial charge in [0.1, 0.15) is 11.3 Å². The number of hydrogen-bond donors (Lipinski definition) is 0. The lowest BCUT2D eigenvalue weighted by molar-refractivity contribution is 0.413. The second-order valence-electron chi connectivity index (χ2n) is 7.02. The van der Waals surface area contributed by atoms with E-state index in [1.807, 2.05) is 48.5 Å². The third kappa shape index (κ3) is 3.18. The molecule has 0 aliphatic rings. The summed E-state index contributed by atoms with van der Waals surface area (Å²) >= 11 is 0. The Bertz CT molecular complexity index is 1410. The van der Waals surface area contributed by atoms with Gasteiger partial charge >= 0.3 is 5.63 Å². The monoisotopic (exact) mass is 393 g/mol. The van der Waals surface area contributed by atoms with Crippen LogP contribution < -0.4 is 15.3 Å². The fourth-order valence-corrected chi connectivity index (χ4v) is 3.77. The predicted molar refractivity (Wildman–Crippen MR) is 121 cm³/mol. The van der Waals surface area contributed by atoms with Crippen LogP contribution in [0.3, 0.4) is 0 Å². The van der Waals surface area contributed by atoms with E-state index in [0.29, 0.717) is 11.3 Å². The Hall–Kier alpha value is -4.05. The van der Waals surface area contributed by atoms with Gasteiger partial charge in [-0.3, -0.25) is 0 Å². The predicted octanol–water partition coefficient (Wildman–Crippen LogP) is 6.42. The molecule has 1 heterocycles. The minimum Gasteiger partial charge on any atom is -0.496 e. The number of hydrogen-bond acceptors (Lipinski definition) is 4. The van der Waals surface area contributed by atoms with Crippen LogP contribution in [0.5, 0.6) is 5.75 Å². The van der Waals surface area contributed by atoms with Crippen molar-refractivity contribution in [2.75, 3.05) is 12.0 Å². The fraction of sp³-hybridized carbons (Fsp3) is 0.0385. The Balaban J connectivity index is 1.73. The molecule has 0 aliphatic carbocycles. The van der Waals surface area contributed by atoms with Crippen molar-refractivity contribution in [1.29, 1.82) is 0 Å². The molecule has 146 valence electrons. The molecule has 0 amide bonds. The van der Waals surface area contributed by atoms with E-state index in [0.717, 1.165) is 27.8 Å². The summed E-state index contributed by atoms with van der Waals surface area (Å²) in [5.41, 5.74) is 2.97. The normalized spacial score (nSPS) is 11.0. The maximum Gasteiger partial charge on any atom is 0.339 e. The summed E-state index contributed by atoms with van der Waals surface area (Å²) in [7, 11) is 1.55. The van der Waals surface area contributed by atoms with Crippen LogP contribution in [0.15, 0.2) is 106 Å². The minimum absolute atomic E-state index is 0.437. The quantitative estimate of drug-likeness (QED) is 0.330. The summed E-state index contributed by atoms with van der Waals surface area (Å²) in [6, 6.07) is 31.9. The molecule has 0 spiro atoms. The van der Waals surface area contributed by atoms with Gasteiger partial charge in [-0.05, 0) is 47.2 Å². The van der Waals surface area contributed by atoms with Crippen molar-refractivity contribution in [2.45, 2.75) is 0 Å². The topological polar surface area (TPSA) is 42.7 Å². The fourth-order valence-electron chi connectivity index (χ4n) is 3.77. The van der Waals surface area contributed by atoms with E-state index in [-0.39, 0.29) is 0 Å². The number of ether oxygens (including phenoxy) is 1. The lowest BCUT2D eigenvalue weighted by Crippen LogP contribution is -2.10. The average Bonchev–Trinajstić information content (AvgIpc) is 2.79. The highest BCUT2D eigenvalue weighted by Gasteiger charge is 2.15. The maximum atomic E-state index is 12.0. The first-order chi connectivity index (χ1) is 14.7. The van der Waals surface area contributed by atoms with Crippen LogP contribution in [-0.2, 0) is 0 Å². The number of benzene rings is 4. The summed E-state index contributed by atoms with van der Waals surface area (Å²) in [5.74, 6) is 0.504. The van der Waals surface area contributed by atoms with E-state index in [9.17, 15) is 4.79 Å². The summed E-state index contributed by atoms with van der Waals surface area (Å²) in [4.78, 5) is 14.1. The van der Waals surface area contributed by atoms with Crippen molar-refractivity contribution in [3.8, 4) is 5.75 Å². The third-order valence-electron chi connectivity index (χ3n) is 5.17. The summed E-state index contributed by atoms with van der Waals surface area (Å²) < 4.78 is 10.8. The Morgan fingerprint density at radius 2 is 1.40 bits per heavy atom. The van der Waals surface area contributed by atoms with Crippen molar-refractivity contribution in [2.24, 2.45) is 0 Å². The van der Waals surface area contributed by atoms with E-state index in [1.165, 1.54) is 11.5 Å². The van der Waals surface area contributed by atoms with Crippen molar-refractivity contribution < 1.29 is 9.15 Å². The molecule has 5 aromatic rings. The zero-order valence-electron chi connectivity index (χ0n) is 16.4. The molecule has 4 heteroatoms. The van der Waals surface area contributed by atoms with Gasteiger partial charge in [-0.2, -0.15) is 0 Å². The van der Waals surface area contributed by atoms with Gasteiger partial charge in [0, 0.05) is 23.1 Å². The van der Waals surface area contributed by atoms with Gasteiger partial charge in [0.25, 0.3) is 0 Å². The average molecular weight is 393 g/mol. The molecule has 4 nitrogen and oxygen atoms in total. The second kappa shape index (κ2) is 7.41. The zero-order chi connectivity index (χ0) is 20.5. The van der Waals surface area contributed by atoms with Crippen LogP contribution in [0.25, 0.3) is 21.7 Å². The van der Waals surface area contributed by atoms with Gasteiger partial charge in [-0.25, -0.2) is 4.79 Å². The van der Waals surface area contributed by atoms with E-state index < -0.39 is 5.63 Å². The molecule has 30 heavy (non-hydrogen) atoms. The van der Waals surface area contributed by atoms with Gasteiger partial charge in [0.05, 0.1) is 18.6 Å². The Kier molecular flexibility index (Phi) is 4.45. The number of methoxy groups -OCH3 is 1. The maximum absolute atomic E-state index is 12.0. The highest BCUT2D eigenvalue weighted by atomic mass is 16.5. The SMILES string of the molecule is COc1cc(=O)oc2cc(N(c3ccccc3)c3ccc4ccccc4c3)ccc12. The molecule has 4 aromatic carbocycles. The third-order valence-corrected chi connectivity index (χ3v) is 5.17.